The second-order valence-electron chi connectivity index (χ2n) is 20.9. The highest BCUT2D eigenvalue weighted by atomic mass is 31.2. The van der Waals surface area contributed by atoms with Gasteiger partial charge in [0.2, 0.25) is 0 Å². The number of hydrogen-bond donors (Lipinski definition) is 2. The fourth-order valence-electron chi connectivity index (χ4n) is 8.67. The Labute approximate surface area is 485 Å². The van der Waals surface area contributed by atoms with Crippen molar-refractivity contribution in [3.05, 3.63) is 122 Å². The lowest BCUT2D eigenvalue weighted by atomic mass is 10.0. The predicted octanol–water partition coefficient (Wildman–Crippen LogP) is 20.7. The van der Waals surface area contributed by atoms with Gasteiger partial charge in [-0.15, -0.1) is 0 Å². The summed E-state index contributed by atoms with van der Waals surface area (Å²) in [5.41, 5.74) is 5.39. The standard InChI is InChI=1S/C69H118NO8P/c1-3-5-7-9-11-13-15-17-19-21-22-23-24-25-26-27-28-29-30-31-32-33-34-35-36-37-38-39-40-41-42-43-44-46-48-50-52-54-56-58-60-62-69(72)78-67(66-77-79(73,74)76-64-63-70)65-75-68(71)61-59-57-55-53-51-49-47-45-20-18-16-14-12-10-8-6-4-2/h5,7,11,13,17,19,22-23,25-26,28-29,31-32,34-35,37-38,40-41,67H,3-4,6,8-10,12,14-16,18,20-21,24,27,30,33,36,39,42-66,70H2,1-2H3,(H,73,74)/b7-5-,13-11-,19-17-,23-22-,26-25-,29-28-,32-31-,35-34-,38-37-,41-40-. The maximum Gasteiger partial charge on any atom is 0.472 e. The van der Waals surface area contributed by atoms with Gasteiger partial charge in [-0.1, -0.05) is 289 Å². The second-order valence-corrected chi connectivity index (χ2v) is 22.4. The summed E-state index contributed by atoms with van der Waals surface area (Å²) in [5, 5.41) is 0. The van der Waals surface area contributed by atoms with Gasteiger partial charge in [0, 0.05) is 19.4 Å². The van der Waals surface area contributed by atoms with Gasteiger partial charge in [-0.25, -0.2) is 4.57 Å². The Morgan fingerprint density at radius 1 is 0.392 bits per heavy atom. The molecule has 3 N–H and O–H groups in total. The van der Waals surface area contributed by atoms with Crippen molar-refractivity contribution in [2.24, 2.45) is 5.73 Å². The van der Waals surface area contributed by atoms with Crippen molar-refractivity contribution in [3.8, 4) is 0 Å². The van der Waals surface area contributed by atoms with E-state index < -0.39 is 26.5 Å². The van der Waals surface area contributed by atoms with E-state index in [1.165, 1.54) is 128 Å². The van der Waals surface area contributed by atoms with Gasteiger partial charge in [-0.3, -0.25) is 18.6 Å². The maximum absolute atomic E-state index is 12.7. The van der Waals surface area contributed by atoms with E-state index >= 15 is 0 Å². The third kappa shape index (κ3) is 63.5. The lowest BCUT2D eigenvalue weighted by Gasteiger charge is -2.19. The smallest absolute Gasteiger partial charge is 0.462 e. The normalized spacial score (nSPS) is 13.8. The molecule has 79 heavy (non-hydrogen) atoms. The Bertz CT molecular complexity index is 1710. The number of carbonyl (C=O) groups excluding carboxylic acids is 2. The SMILES string of the molecule is CC/C=C\C/C=C\C/C=C\C/C=C\C/C=C\C/C=C\C/C=C\C/C=C\C/C=C\C/C=C\CCCCCCCCCCCCC(=O)OC(COC(=O)CCCCCCCCCCCCCCCCCCC)COP(=O)(O)OCCN. The molecule has 0 radical (unpaired) electrons. The minimum atomic E-state index is -4.39. The van der Waals surface area contributed by atoms with Crippen molar-refractivity contribution in [1.29, 1.82) is 0 Å². The van der Waals surface area contributed by atoms with Crippen LogP contribution in [0.5, 0.6) is 0 Å². The molecule has 0 aromatic rings. The summed E-state index contributed by atoms with van der Waals surface area (Å²) < 4.78 is 33.1. The minimum Gasteiger partial charge on any atom is -0.462 e. The highest BCUT2D eigenvalue weighted by Crippen LogP contribution is 2.43. The number of rotatable bonds is 59. The molecular weight excluding hydrogens is 1000 g/mol. The number of esters is 2. The molecule has 0 amide bonds. The van der Waals surface area contributed by atoms with Gasteiger partial charge in [0.15, 0.2) is 6.10 Å². The van der Waals surface area contributed by atoms with Crippen molar-refractivity contribution in [3.63, 3.8) is 0 Å². The van der Waals surface area contributed by atoms with E-state index in [4.69, 9.17) is 24.3 Å². The fraction of sp³-hybridized carbons (Fsp3) is 0.681. The Balaban J connectivity index is 3.94. The maximum atomic E-state index is 12.7. The minimum absolute atomic E-state index is 0.0494. The van der Waals surface area contributed by atoms with Crippen LogP contribution in [0, 0.1) is 0 Å². The number of phosphoric acid groups is 1. The van der Waals surface area contributed by atoms with Gasteiger partial charge in [-0.2, -0.15) is 0 Å². The summed E-state index contributed by atoms with van der Waals surface area (Å²) in [4.78, 5) is 35.2. The van der Waals surface area contributed by atoms with Crippen LogP contribution in [0.4, 0.5) is 0 Å². The first-order valence-corrected chi connectivity index (χ1v) is 33.5. The summed E-state index contributed by atoms with van der Waals surface area (Å²) in [7, 11) is -4.39. The molecule has 0 bridgehead atoms. The highest BCUT2D eigenvalue weighted by Gasteiger charge is 2.26. The average Bonchev–Trinajstić information content (AvgIpc) is 3.44. The molecule has 0 rings (SSSR count). The van der Waals surface area contributed by atoms with Crippen molar-refractivity contribution in [2.75, 3.05) is 26.4 Å². The van der Waals surface area contributed by atoms with E-state index in [1.54, 1.807) is 0 Å². The van der Waals surface area contributed by atoms with Crippen LogP contribution in [-0.2, 0) is 32.7 Å². The fourth-order valence-corrected chi connectivity index (χ4v) is 9.43. The molecule has 0 saturated carbocycles. The van der Waals surface area contributed by atoms with Gasteiger partial charge in [0.25, 0.3) is 0 Å². The summed E-state index contributed by atoms with van der Waals surface area (Å²) in [5.74, 6) is -0.829. The third-order valence-electron chi connectivity index (χ3n) is 13.4. The molecule has 0 aliphatic rings. The lowest BCUT2D eigenvalue weighted by Crippen LogP contribution is -2.29. The van der Waals surface area contributed by atoms with Crippen LogP contribution in [0.3, 0.4) is 0 Å². The lowest BCUT2D eigenvalue weighted by molar-refractivity contribution is -0.161. The van der Waals surface area contributed by atoms with Crippen molar-refractivity contribution >= 4 is 19.8 Å². The molecule has 452 valence electrons. The van der Waals surface area contributed by atoms with Gasteiger partial charge < -0.3 is 20.1 Å². The van der Waals surface area contributed by atoms with Crippen LogP contribution >= 0.6 is 7.82 Å². The van der Waals surface area contributed by atoms with Crippen molar-refractivity contribution < 1.29 is 37.6 Å². The highest BCUT2D eigenvalue weighted by molar-refractivity contribution is 7.47. The quantitative estimate of drug-likeness (QED) is 0.0264. The molecule has 2 atom stereocenters. The molecule has 0 heterocycles. The zero-order valence-corrected chi connectivity index (χ0v) is 51.5. The zero-order valence-electron chi connectivity index (χ0n) is 50.6. The largest absolute Gasteiger partial charge is 0.472 e. The number of unbranched alkanes of at least 4 members (excludes halogenated alkanes) is 26. The molecule has 0 fully saturated rings. The first-order valence-electron chi connectivity index (χ1n) is 32.0. The van der Waals surface area contributed by atoms with E-state index in [-0.39, 0.29) is 38.6 Å². The third-order valence-corrected chi connectivity index (χ3v) is 14.3. The molecular formula is C69H118NO8P. The van der Waals surface area contributed by atoms with Crippen molar-refractivity contribution in [1.82, 2.24) is 0 Å². The van der Waals surface area contributed by atoms with E-state index in [0.717, 1.165) is 109 Å². The molecule has 0 aliphatic heterocycles. The first kappa shape index (κ1) is 75.4. The molecule has 0 spiro atoms. The first-order chi connectivity index (χ1) is 38.8. The van der Waals surface area contributed by atoms with Gasteiger partial charge in [0.05, 0.1) is 13.2 Å². The van der Waals surface area contributed by atoms with Gasteiger partial charge >= 0.3 is 19.8 Å². The molecule has 9 nitrogen and oxygen atoms in total. The molecule has 0 saturated heterocycles. The Kier molecular flexibility index (Phi) is 60.7. The average molecular weight is 1120 g/mol. The Morgan fingerprint density at radius 3 is 1.04 bits per heavy atom. The van der Waals surface area contributed by atoms with Crippen LogP contribution in [0.15, 0.2) is 122 Å². The number of hydrogen-bond acceptors (Lipinski definition) is 8. The molecule has 10 heteroatoms. The number of carbonyl (C=O) groups is 2. The molecule has 2 unspecified atom stereocenters. The topological polar surface area (TPSA) is 134 Å². The van der Waals surface area contributed by atoms with E-state index in [9.17, 15) is 19.0 Å². The summed E-state index contributed by atoms with van der Waals surface area (Å²) >= 11 is 0. The van der Waals surface area contributed by atoms with Gasteiger partial charge in [0.1, 0.15) is 6.61 Å². The number of nitrogens with two attached hydrogens (primary N) is 1. The molecule has 0 aliphatic carbocycles. The summed E-state index contributed by atoms with van der Waals surface area (Å²) in [6, 6.07) is 0. The number of ether oxygens (including phenoxy) is 2. The number of allylic oxidation sites excluding steroid dienone is 20. The van der Waals surface area contributed by atoms with Crippen molar-refractivity contribution in [2.45, 2.75) is 277 Å². The Morgan fingerprint density at radius 2 is 0.696 bits per heavy atom. The summed E-state index contributed by atoms with van der Waals surface area (Å²) in [6.45, 7) is 3.64. The molecule has 0 aromatic heterocycles. The van der Waals surface area contributed by atoms with Crippen LogP contribution in [-0.4, -0.2) is 49.3 Å². The zero-order chi connectivity index (χ0) is 57.3. The van der Waals surface area contributed by atoms with Crippen LogP contribution in [0.25, 0.3) is 0 Å². The summed E-state index contributed by atoms with van der Waals surface area (Å²) in [6.07, 6.45) is 88.4. The van der Waals surface area contributed by atoms with E-state index in [0.29, 0.717) is 6.42 Å². The van der Waals surface area contributed by atoms with E-state index in [2.05, 4.69) is 135 Å². The second kappa shape index (κ2) is 63.6. The van der Waals surface area contributed by atoms with Crippen LogP contribution < -0.4 is 5.73 Å². The van der Waals surface area contributed by atoms with E-state index in [1.807, 2.05) is 0 Å². The van der Waals surface area contributed by atoms with Crippen LogP contribution in [0.2, 0.25) is 0 Å². The van der Waals surface area contributed by atoms with Crippen LogP contribution in [0.1, 0.15) is 271 Å². The Hall–Kier alpha value is -3.59. The monoisotopic (exact) mass is 1120 g/mol. The molecule has 0 aromatic carbocycles. The predicted molar refractivity (Wildman–Crippen MR) is 339 cm³/mol. The number of phosphoric ester groups is 1. The van der Waals surface area contributed by atoms with Gasteiger partial charge in [-0.05, 0) is 89.9 Å².